The topological polar surface area (TPSA) is 61.8 Å². The van der Waals surface area contributed by atoms with Gasteiger partial charge in [0.15, 0.2) is 11.9 Å². The average molecular weight is 352 g/mol. The largest absolute Gasteiger partial charge is 0.479 e. The summed E-state index contributed by atoms with van der Waals surface area (Å²) in [4.78, 5) is 24.0. The molecule has 0 amide bonds. The minimum Gasteiger partial charge on any atom is -0.479 e. The van der Waals surface area contributed by atoms with Crippen molar-refractivity contribution in [2.24, 2.45) is 0 Å². The SMILES string of the molecule is CCc1ccc(/C=C2\Oc3cc(O[C@@H](C)C(=O)OC)ccc3C2=O)cc1. The summed E-state index contributed by atoms with van der Waals surface area (Å²) in [6.07, 6.45) is 1.94. The quantitative estimate of drug-likeness (QED) is 0.605. The van der Waals surface area contributed by atoms with E-state index in [1.807, 2.05) is 24.3 Å². The number of carbonyl (C=O) groups is 2. The van der Waals surface area contributed by atoms with Gasteiger partial charge in [-0.1, -0.05) is 31.2 Å². The molecule has 0 bridgehead atoms. The second-order valence-corrected chi connectivity index (χ2v) is 5.98. The van der Waals surface area contributed by atoms with Gasteiger partial charge < -0.3 is 14.2 Å². The minimum absolute atomic E-state index is 0.174. The fourth-order valence-corrected chi connectivity index (χ4v) is 2.66. The molecule has 0 saturated carbocycles. The van der Waals surface area contributed by atoms with Gasteiger partial charge in [-0.25, -0.2) is 4.79 Å². The van der Waals surface area contributed by atoms with E-state index in [2.05, 4.69) is 11.7 Å². The van der Waals surface area contributed by atoms with E-state index in [-0.39, 0.29) is 11.5 Å². The number of methoxy groups -OCH3 is 1. The van der Waals surface area contributed by atoms with Crippen molar-refractivity contribution in [1.29, 1.82) is 0 Å². The Morgan fingerprint density at radius 1 is 1.19 bits per heavy atom. The van der Waals surface area contributed by atoms with Gasteiger partial charge in [-0.2, -0.15) is 0 Å². The maximum absolute atomic E-state index is 12.5. The lowest BCUT2D eigenvalue weighted by Gasteiger charge is -2.12. The molecule has 1 heterocycles. The zero-order valence-corrected chi connectivity index (χ0v) is 14.9. The van der Waals surface area contributed by atoms with Gasteiger partial charge in [0, 0.05) is 6.07 Å². The molecule has 0 radical (unpaired) electrons. The molecule has 3 rings (SSSR count). The van der Waals surface area contributed by atoms with Gasteiger partial charge in [0.2, 0.25) is 5.78 Å². The lowest BCUT2D eigenvalue weighted by Crippen LogP contribution is -2.24. The minimum atomic E-state index is -0.748. The zero-order valence-electron chi connectivity index (χ0n) is 14.9. The Morgan fingerprint density at radius 2 is 1.92 bits per heavy atom. The summed E-state index contributed by atoms with van der Waals surface area (Å²) in [6, 6.07) is 12.8. The van der Waals surface area contributed by atoms with Gasteiger partial charge in [0.05, 0.1) is 12.7 Å². The Hall–Kier alpha value is -3.08. The number of hydrogen-bond acceptors (Lipinski definition) is 5. The standard InChI is InChI=1S/C21H20O5/c1-4-14-5-7-15(8-6-14)11-19-20(22)17-10-9-16(12-18(17)26-19)25-13(2)21(23)24-3/h5-13H,4H2,1-3H3/b19-11-/t13-/m0/s1. The molecule has 1 atom stereocenters. The molecule has 0 fully saturated rings. The van der Waals surface area contributed by atoms with E-state index in [1.54, 1.807) is 31.2 Å². The Kier molecular flexibility index (Phi) is 5.07. The zero-order chi connectivity index (χ0) is 18.7. The van der Waals surface area contributed by atoms with Crippen LogP contribution in [0.15, 0.2) is 48.2 Å². The highest BCUT2D eigenvalue weighted by atomic mass is 16.6. The van der Waals surface area contributed by atoms with Gasteiger partial charge in [-0.05, 0) is 42.7 Å². The first-order valence-electron chi connectivity index (χ1n) is 8.43. The molecule has 134 valence electrons. The molecule has 2 aromatic rings. The van der Waals surface area contributed by atoms with E-state index in [4.69, 9.17) is 9.47 Å². The molecule has 0 N–H and O–H groups in total. The van der Waals surface area contributed by atoms with Crippen LogP contribution in [0.4, 0.5) is 0 Å². The molecule has 0 spiro atoms. The molecule has 26 heavy (non-hydrogen) atoms. The molecule has 5 nitrogen and oxygen atoms in total. The van der Waals surface area contributed by atoms with Crippen LogP contribution < -0.4 is 9.47 Å². The highest BCUT2D eigenvalue weighted by Crippen LogP contribution is 2.35. The Bertz CT molecular complexity index is 864. The summed E-state index contributed by atoms with van der Waals surface area (Å²) in [5, 5.41) is 0. The van der Waals surface area contributed by atoms with E-state index in [0.29, 0.717) is 17.1 Å². The van der Waals surface area contributed by atoms with Gasteiger partial charge in [0.1, 0.15) is 11.5 Å². The van der Waals surface area contributed by atoms with Crippen LogP contribution in [0.25, 0.3) is 6.08 Å². The van der Waals surface area contributed by atoms with E-state index < -0.39 is 12.1 Å². The number of rotatable bonds is 5. The van der Waals surface area contributed by atoms with Crippen LogP contribution in [0.2, 0.25) is 0 Å². The van der Waals surface area contributed by atoms with Crippen LogP contribution in [0, 0.1) is 0 Å². The van der Waals surface area contributed by atoms with E-state index in [1.165, 1.54) is 12.7 Å². The van der Waals surface area contributed by atoms with Crippen molar-refractivity contribution in [1.82, 2.24) is 0 Å². The van der Waals surface area contributed by atoms with Gasteiger partial charge in [-0.15, -0.1) is 0 Å². The van der Waals surface area contributed by atoms with E-state index >= 15 is 0 Å². The summed E-state index contributed by atoms with van der Waals surface area (Å²) < 4.78 is 15.9. The van der Waals surface area contributed by atoms with Crippen LogP contribution in [0.3, 0.4) is 0 Å². The number of ketones is 1. The number of benzene rings is 2. The molecule has 0 unspecified atom stereocenters. The maximum atomic E-state index is 12.5. The predicted molar refractivity (Wildman–Crippen MR) is 97.3 cm³/mol. The van der Waals surface area contributed by atoms with Crippen molar-refractivity contribution in [2.75, 3.05) is 7.11 Å². The van der Waals surface area contributed by atoms with Crippen LogP contribution in [0.1, 0.15) is 35.3 Å². The third-order valence-electron chi connectivity index (χ3n) is 4.17. The third-order valence-corrected chi connectivity index (χ3v) is 4.17. The molecule has 1 aliphatic heterocycles. The van der Waals surface area contributed by atoms with E-state index in [0.717, 1.165) is 12.0 Å². The first kappa shape index (κ1) is 17.7. The van der Waals surface area contributed by atoms with Crippen LogP contribution in [-0.4, -0.2) is 25.0 Å². The number of fused-ring (bicyclic) bond motifs is 1. The first-order chi connectivity index (χ1) is 12.5. The van der Waals surface area contributed by atoms with Crippen LogP contribution >= 0.6 is 0 Å². The summed E-state index contributed by atoms with van der Waals surface area (Å²) in [7, 11) is 1.30. The van der Waals surface area contributed by atoms with Crippen molar-refractivity contribution >= 4 is 17.8 Å². The van der Waals surface area contributed by atoms with Gasteiger partial charge in [0.25, 0.3) is 0 Å². The monoisotopic (exact) mass is 352 g/mol. The van der Waals surface area contributed by atoms with Crippen LogP contribution in [-0.2, 0) is 16.0 Å². The lowest BCUT2D eigenvalue weighted by molar-refractivity contribution is -0.147. The molecule has 0 aromatic heterocycles. The molecule has 2 aromatic carbocycles. The summed E-state index contributed by atoms with van der Waals surface area (Å²) in [6.45, 7) is 3.69. The Labute approximate surface area is 152 Å². The lowest BCUT2D eigenvalue weighted by atomic mass is 10.1. The normalized spacial score (nSPS) is 15.3. The predicted octanol–water partition coefficient (Wildman–Crippen LogP) is 3.81. The number of hydrogen-bond donors (Lipinski definition) is 0. The molecular formula is C21H20O5. The summed E-state index contributed by atoms with van der Waals surface area (Å²) in [5.74, 6) is 0.470. The van der Waals surface area contributed by atoms with Crippen LogP contribution in [0.5, 0.6) is 11.5 Å². The summed E-state index contributed by atoms with van der Waals surface area (Å²) >= 11 is 0. The van der Waals surface area contributed by atoms with Crippen molar-refractivity contribution < 1.29 is 23.8 Å². The van der Waals surface area contributed by atoms with Crippen molar-refractivity contribution in [3.8, 4) is 11.5 Å². The second-order valence-electron chi connectivity index (χ2n) is 5.98. The number of esters is 1. The van der Waals surface area contributed by atoms with E-state index in [9.17, 15) is 9.59 Å². The first-order valence-corrected chi connectivity index (χ1v) is 8.43. The second kappa shape index (κ2) is 7.44. The molecule has 0 saturated heterocycles. The van der Waals surface area contributed by atoms with Gasteiger partial charge >= 0.3 is 5.97 Å². The highest BCUT2D eigenvalue weighted by Gasteiger charge is 2.28. The molecule has 0 aliphatic carbocycles. The average Bonchev–Trinajstić information content (AvgIpc) is 2.96. The number of Topliss-reactive ketones (excluding diaryl/α,β-unsaturated/α-hetero) is 1. The smallest absolute Gasteiger partial charge is 0.346 e. The van der Waals surface area contributed by atoms with Crippen molar-refractivity contribution in [3.63, 3.8) is 0 Å². The maximum Gasteiger partial charge on any atom is 0.346 e. The Balaban J connectivity index is 1.79. The number of carbonyl (C=O) groups excluding carboxylic acids is 2. The molecular weight excluding hydrogens is 332 g/mol. The highest BCUT2D eigenvalue weighted by molar-refractivity contribution is 6.14. The summed E-state index contributed by atoms with van der Waals surface area (Å²) in [5.41, 5.74) is 2.60. The van der Waals surface area contributed by atoms with Crippen molar-refractivity contribution in [2.45, 2.75) is 26.4 Å². The number of allylic oxidation sites excluding steroid dienone is 1. The van der Waals surface area contributed by atoms with Crippen molar-refractivity contribution in [3.05, 3.63) is 64.9 Å². The van der Waals surface area contributed by atoms with Gasteiger partial charge in [-0.3, -0.25) is 4.79 Å². The fraction of sp³-hybridized carbons (Fsp3) is 0.238. The molecule has 5 heteroatoms. The third kappa shape index (κ3) is 3.61. The fourth-order valence-electron chi connectivity index (χ4n) is 2.66. The molecule has 1 aliphatic rings. The Morgan fingerprint density at radius 3 is 2.58 bits per heavy atom. The number of ether oxygens (including phenoxy) is 3. The number of aryl methyl sites for hydroxylation is 1.